The Morgan fingerprint density at radius 3 is 2.14 bits per heavy atom. The summed E-state index contributed by atoms with van der Waals surface area (Å²) < 4.78 is 7.39. The van der Waals surface area contributed by atoms with Crippen molar-refractivity contribution in [3.8, 4) is 5.75 Å². The van der Waals surface area contributed by atoms with Crippen molar-refractivity contribution < 1.29 is 4.52 Å². The Labute approximate surface area is 140 Å². The third-order valence-electron chi connectivity index (χ3n) is 3.35. The second-order valence-electron chi connectivity index (χ2n) is 4.94. The molecular formula is C19H16BrOP. The maximum Gasteiger partial charge on any atom is 0.151 e. The van der Waals surface area contributed by atoms with Crippen LogP contribution < -0.4 is 15.1 Å². The van der Waals surface area contributed by atoms with Crippen molar-refractivity contribution in [1.82, 2.24) is 0 Å². The van der Waals surface area contributed by atoms with E-state index in [9.17, 15) is 0 Å². The van der Waals surface area contributed by atoms with Crippen LogP contribution >= 0.6 is 24.1 Å². The van der Waals surface area contributed by atoms with E-state index in [0.29, 0.717) is 0 Å². The Kier molecular flexibility index (Phi) is 4.92. The molecule has 0 heterocycles. The normalized spacial score (nSPS) is 11.9. The molecule has 3 aromatic rings. The molecule has 22 heavy (non-hydrogen) atoms. The van der Waals surface area contributed by atoms with E-state index in [1.807, 2.05) is 30.3 Å². The van der Waals surface area contributed by atoms with E-state index in [1.54, 1.807) is 0 Å². The van der Waals surface area contributed by atoms with E-state index < -0.39 is 8.15 Å². The monoisotopic (exact) mass is 370 g/mol. The van der Waals surface area contributed by atoms with Crippen LogP contribution in [0.2, 0.25) is 0 Å². The molecule has 110 valence electrons. The molecule has 0 radical (unpaired) electrons. The quantitative estimate of drug-likeness (QED) is 0.574. The predicted octanol–water partition coefficient (Wildman–Crippen LogP) is 5.18. The predicted molar refractivity (Wildman–Crippen MR) is 98.6 cm³/mol. The Morgan fingerprint density at radius 1 is 0.773 bits per heavy atom. The van der Waals surface area contributed by atoms with Gasteiger partial charge < -0.3 is 4.52 Å². The van der Waals surface area contributed by atoms with Crippen LogP contribution in [0.5, 0.6) is 5.75 Å². The van der Waals surface area contributed by atoms with Gasteiger partial charge in [-0.2, -0.15) is 0 Å². The van der Waals surface area contributed by atoms with Crippen molar-refractivity contribution >= 4 is 34.7 Å². The van der Waals surface area contributed by atoms with E-state index >= 15 is 0 Å². The second-order valence-corrected chi connectivity index (χ2v) is 7.56. The number of aryl methyl sites for hydroxylation is 1. The summed E-state index contributed by atoms with van der Waals surface area (Å²) in [5.74, 6) is 0.876. The summed E-state index contributed by atoms with van der Waals surface area (Å²) in [6, 6.07) is 26.9. The van der Waals surface area contributed by atoms with Crippen LogP contribution in [-0.4, -0.2) is 0 Å². The van der Waals surface area contributed by atoms with Crippen LogP contribution in [0, 0.1) is 6.92 Å². The largest absolute Gasteiger partial charge is 0.463 e. The molecule has 3 heteroatoms. The lowest BCUT2D eigenvalue weighted by Gasteiger charge is -2.21. The lowest BCUT2D eigenvalue weighted by atomic mass is 10.2. The highest BCUT2D eigenvalue weighted by Gasteiger charge is 2.19. The van der Waals surface area contributed by atoms with Gasteiger partial charge in [0.15, 0.2) is 8.15 Å². The van der Waals surface area contributed by atoms with E-state index in [0.717, 1.165) is 10.2 Å². The van der Waals surface area contributed by atoms with Crippen LogP contribution in [0.1, 0.15) is 5.56 Å². The molecule has 0 aromatic heterocycles. The van der Waals surface area contributed by atoms with Crippen molar-refractivity contribution in [1.29, 1.82) is 0 Å². The minimum atomic E-state index is -0.894. The number of rotatable bonds is 4. The van der Waals surface area contributed by atoms with E-state index in [-0.39, 0.29) is 0 Å². The molecule has 0 spiro atoms. The molecule has 1 unspecified atom stereocenters. The molecule has 0 saturated heterocycles. The molecule has 3 rings (SSSR count). The van der Waals surface area contributed by atoms with E-state index in [4.69, 9.17) is 4.52 Å². The fourth-order valence-electron chi connectivity index (χ4n) is 2.21. The first-order chi connectivity index (χ1) is 10.8. The zero-order valence-corrected chi connectivity index (χ0v) is 14.7. The zero-order chi connectivity index (χ0) is 15.4. The first-order valence-electron chi connectivity index (χ1n) is 7.09. The summed E-state index contributed by atoms with van der Waals surface area (Å²) >= 11 is 3.57. The molecule has 0 aliphatic heterocycles. The zero-order valence-electron chi connectivity index (χ0n) is 12.2. The molecule has 3 aromatic carbocycles. The third-order valence-corrected chi connectivity index (χ3v) is 6.09. The summed E-state index contributed by atoms with van der Waals surface area (Å²) in [7, 11) is -0.894. The lowest BCUT2D eigenvalue weighted by Crippen LogP contribution is -2.17. The van der Waals surface area contributed by atoms with Gasteiger partial charge in [0.2, 0.25) is 0 Å². The summed E-state index contributed by atoms with van der Waals surface area (Å²) in [6.07, 6.45) is 0. The molecule has 0 amide bonds. The van der Waals surface area contributed by atoms with Crippen LogP contribution in [-0.2, 0) is 0 Å². The van der Waals surface area contributed by atoms with Crippen molar-refractivity contribution in [3.05, 3.63) is 88.9 Å². The van der Waals surface area contributed by atoms with Gasteiger partial charge in [0.25, 0.3) is 0 Å². The fourth-order valence-corrected chi connectivity index (χ4v) is 4.60. The Morgan fingerprint density at radius 2 is 1.41 bits per heavy atom. The van der Waals surface area contributed by atoms with Crippen molar-refractivity contribution in [2.75, 3.05) is 0 Å². The topological polar surface area (TPSA) is 9.23 Å². The highest BCUT2D eigenvalue weighted by molar-refractivity contribution is 9.10. The van der Waals surface area contributed by atoms with E-state index in [1.165, 1.54) is 16.2 Å². The molecule has 0 saturated carbocycles. The van der Waals surface area contributed by atoms with Crippen LogP contribution in [0.15, 0.2) is 83.3 Å². The number of para-hydroxylation sites is 1. The van der Waals surface area contributed by atoms with Gasteiger partial charge >= 0.3 is 0 Å². The maximum atomic E-state index is 6.42. The van der Waals surface area contributed by atoms with Gasteiger partial charge in [-0.3, -0.25) is 0 Å². The Bertz CT molecular complexity index is 758. The average Bonchev–Trinajstić information content (AvgIpc) is 2.56. The molecule has 0 aliphatic rings. The smallest absolute Gasteiger partial charge is 0.151 e. The minimum absolute atomic E-state index is 0.876. The summed E-state index contributed by atoms with van der Waals surface area (Å²) in [4.78, 5) is 0. The van der Waals surface area contributed by atoms with Gasteiger partial charge in [-0.15, -0.1) is 0 Å². The molecule has 1 atom stereocenters. The van der Waals surface area contributed by atoms with E-state index in [2.05, 4.69) is 71.4 Å². The van der Waals surface area contributed by atoms with Crippen molar-refractivity contribution in [2.45, 2.75) is 6.92 Å². The summed E-state index contributed by atoms with van der Waals surface area (Å²) in [6.45, 7) is 2.14. The van der Waals surface area contributed by atoms with Crippen molar-refractivity contribution in [3.63, 3.8) is 0 Å². The second kappa shape index (κ2) is 7.09. The van der Waals surface area contributed by atoms with Gasteiger partial charge in [0, 0.05) is 10.6 Å². The fraction of sp³-hybridized carbons (Fsp3) is 0.0526. The summed E-state index contributed by atoms with van der Waals surface area (Å²) in [5, 5.41) is 2.46. The molecule has 0 bridgehead atoms. The van der Waals surface area contributed by atoms with Gasteiger partial charge in [0.1, 0.15) is 5.75 Å². The van der Waals surface area contributed by atoms with Crippen LogP contribution in [0.25, 0.3) is 0 Å². The minimum Gasteiger partial charge on any atom is -0.463 e. The lowest BCUT2D eigenvalue weighted by molar-refractivity contribution is 0.625. The standard InChI is InChI=1S/C19H16BrOP/c1-15-9-5-8-14-19(15)22(16-10-3-2-4-11-16)21-18-13-7-6-12-17(18)20/h2-14H,1H3. The molecule has 0 fully saturated rings. The van der Waals surface area contributed by atoms with Gasteiger partial charge in [-0.05, 0) is 40.5 Å². The average molecular weight is 371 g/mol. The molecule has 0 aliphatic carbocycles. The first-order valence-corrected chi connectivity index (χ1v) is 9.14. The maximum absolute atomic E-state index is 6.42. The molecule has 1 nitrogen and oxygen atoms in total. The molecule has 0 N–H and O–H groups in total. The Hall–Kier alpha value is -1.63. The van der Waals surface area contributed by atoms with Crippen molar-refractivity contribution in [2.24, 2.45) is 0 Å². The number of halogens is 1. The first kappa shape index (κ1) is 15.3. The van der Waals surface area contributed by atoms with Crippen LogP contribution in [0.3, 0.4) is 0 Å². The third kappa shape index (κ3) is 3.40. The number of hydrogen-bond acceptors (Lipinski definition) is 1. The Balaban J connectivity index is 2.05. The molecular weight excluding hydrogens is 355 g/mol. The van der Waals surface area contributed by atoms with Gasteiger partial charge in [-0.25, -0.2) is 0 Å². The summed E-state index contributed by atoms with van der Waals surface area (Å²) in [5.41, 5.74) is 1.25. The van der Waals surface area contributed by atoms with Gasteiger partial charge in [-0.1, -0.05) is 66.7 Å². The number of hydrogen-bond donors (Lipinski definition) is 0. The van der Waals surface area contributed by atoms with Gasteiger partial charge in [0.05, 0.1) is 4.47 Å². The highest BCUT2D eigenvalue weighted by Crippen LogP contribution is 2.40. The van der Waals surface area contributed by atoms with Crippen LogP contribution in [0.4, 0.5) is 0 Å². The number of benzene rings is 3. The highest BCUT2D eigenvalue weighted by atomic mass is 79.9. The SMILES string of the molecule is Cc1ccccc1P(Oc1ccccc1Br)c1ccccc1.